The molecule has 1 aliphatic carbocycles. The lowest BCUT2D eigenvalue weighted by Gasteiger charge is -2.56. The van der Waals surface area contributed by atoms with Crippen LogP contribution in [0.25, 0.3) is 0 Å². The van der Waals surface area contributed by atoms with Gasteiger partial charge in [-0.15, -0.1) is 0 Å². The first kappa shape index (κ1) is 8.06. The first-order valence-corrected chi connectivity index (χ1v) is 3.93. The Kier molecular flexibility index (Phi) is 1.59. The summed E-state index contributed by atoms with van der Waals surface area (Å²) < 4.78 is 5.42. The summed E-state index contributed by atoms with van der Waals surface area (Å²) in [5, 5.41) is 0. The van der Waals surface area contributed by atoms with E-state index >= 15 is 0 Å². The number of hydrogen-bond acceptors (Lipinski definition) is 1. The molecule has 0 amide bonds. The molecular weight excluding hydrogens is 124 g/mol. The van der Waals surface area contributed by atoms with Crippen LogP contribution < -0.4 is 0 Å². The molecule has 0 aromatic heterocycles. The first-order valence-electron chi connectivity index (χ1n) is 3.93. The molecule has 1 heteroatoms. The molecule has 10 heavy (non-hydrogen) atoms. The SMILES string of the molecule is COC1C(C)(C)CC1(C)C. The van der Waals surface area contributed by atoms with Gasteiger partial charge in [0.25, 0.3) is 0 Å². The van der Waals surface area contributed by atoms with Crippen molar-refractivity contribution < 1.29 is 4.74 Å². The van der Waals surface area contributed by atoms with Crippen molar-refractivity contribution in [2.24, 2.45) is 10.8 Å². The lowest BCUT2D eigenvalue weighted by atomic mass is 9.53. The highest BCUT2D eigenvalue weighted by molar-refractivity contribution is 5.02. The number of ether oxygens (including phenoxy) is 1. The van der Waals surface area contributed by atoms with E-state index in [1.54, 1.807) is 0 Å². The van der Waals surface area contributed by atoms with E-state index in [1.807, 2.05) is 7.11 Å². The summed E-state index contributed by atoms with van der Waals surface area (Å²) in [4.78, 5) is 0. The second-order valence-corrected chi connectivity index (χ2v) is 4.77. The number of methoxy groups -OCH3 is 1. The molecule has 0 aromatic rings. The third kappa shape index (κ3) is 0.968. The van der Waals surface area contributed by atoms with Gasteiger partial charge in [-0.25, -0.2) is 0 Å². The van der Waals surface area contributed by atoms with Crippen LogP contribution in [-0.4, -0.2) is 13.2 Å². The molecule has 0 bridgehead atoms. The van der Waals surface area contributed by atoms with Gasteiger partial charge in [-0.2, -0.15) is 0 Å². The van der Waals surface area contributed by atoms with Crippen molar-refractivity contribution in [2.45, 2.75) is 40.2 Å². The van der Waals surface area contributed by atoms with Gasteiger partial charge in [0.2, 0.25) is 0 Å². The Morgan fingerprint density at radius 1 is 1.10 bits per heavy atom. The third-order valence-electron chi connectivity index (χ3n) is 2.57. The maximum atomic E-state index is 5.42. The monoisotopic (exact) mass is 142 g/mol. The Balaban J connectivity index is 2.64. The van der Waals surface area contributed by atoms with Gasteiger partial charge in [-0.1, -0.05) is 27.7 Å². The molecule has 0 spiro atoms. The van der Waals surface area contributed by atoms with E-state index in [1.165, 1.54) is 6.42 Å². The molecule has 0 N–H and O–H groups in total. The van der Waals surface area contributed by atoms with Gasteiger partial charge in [0.1, 0.15) is 0 Å². The fourth-order valence-corrected chi connectivity index (χ4v) is 2.92. The summed E-state index contributed by atoms with van der Waals surface area (Å²) in [5.74, 6) is 0. The van der Waals surface area contributed by atoms with Crippen molar-refractivity contribution in [3.8, 4) is 0 Å². The molecule has 1 rings (SSSR count). The molecule has 60 valence electrons. The summed E-state index contributed by atoms with van der Waals surface area (Å²) in [6.07, 6.45) is 1.72. The summed E-state index contributed by atoms with van der Waals surface area (Å²) in [6.45, 7) is 9.08. The maximum Gasteiger partial charge on any atom is 0.0673 e. The van der Waals surface area contributed by atoms with Crippen LogP contribution in [0.1, 0.15) is 34.1 Å². The molecule has 0 unspecified atom stereocenters. The number of hydrogen-bond donors (Lipinski definition) is 0. The highest BCUT2D eigenvalue weighted by Crippen LogP contribution is 2.54. The Morgan fingerprint density at radius 2 is 1.50 bits per heavy atom. The molecule has 1 fully saturated rings. The van der Waals surface area contributed by atoms with Crippen LogP contribution in [0.5, 0.6) is 0 Å². The molecule has 0 saturated heterocycles. The van der Waals surface area contributed by atoms with E-state index in [9.17, 15) is 0 Å². The molecular formula is C9H18O. The van der Waals surface area contributed by atoms with Crippen LogP contribution in [0.3, 0.4) is 0 Å². The van der Waals surface area contributed by atoms with Gasteiger partial charge in [0.05, 0.1) is 6.10 Å². The Labute approximate surface area is 63.8 Å². The highest BCUT2D eigenvalue weighted by atomic mass is 16.5. The predicted molar refractivity (Wildman–Crippen MR) is 43.0 cm³/mol. The van der Waals surface area contributed by atoms with Gasteiger partial charge in [0.15, 0.2) is 0 Å². The fraction of sp³-hybridized carbons (Fsp3) is 1.00. The van der Waals surface area contributed by atoms with Crippen molar-refractivity contribution >= 4 is 0 Å². The van der Waals surface area contributed by atoms with Crippen LogP contribution in [-0.2, 0) is 4.74 Å². The molecule has 0 radical (unpaired) electrons. The van der Waals surface area contributed by atoms with Crippen LogP contribution in [0.15, 0.2) is 0 Å². The standard InChI is InChI=1S/C9H18O/c1-8(2)6-9(3,4)7(8)10-5/h7H,6H2,1-5H3. The van der Waals surface area contributed by atoms with Crippen LogP contribution in [0.4, 0.5) is 0 Å². The Bertz CT molecular complexity index is 122. The van der Waals surface area contributed by atoms with Gasteiger partial charge in [-0.05, 0) is 17.3 Å². The second-order valence-electron chi connectivity index (χ2n) is 4.77. The van der Waals surface area contributed by atoms with Gasteiger partial charge >= 0.3 is 0 Å². The highest BCUT2D eigenvalue weighted by Gasteiger charge is 2.53. The van der Waals surface area contributed by atoms with Gasteiger partial charge < -0.3 is 4.74 Å². The zero-order valence-corrected chi connectivity index (χ0v) is 7.69. The first-order chi connectivity index (χ1) is 4.40. The Morgan fingerprint density at radius 3 is 1.60 bits per heavy atom. The Hall–Kier alpha value is -0.0400. The molecule has 1 nitrogen and oxygen atoms in total. The largest absolute Gasteiger partial charge is 0.380 e. The quantitative estimate of drug-likeness (QED) is 0.546. The zero-order valence-electron chi connectivity index (χ0n) is 7.69. The minimum Gasteiger partial charge on any atom is -0.380 e. The molecule has 0 atom stereocenters. The third-order valence-corrected chi connectivity index (χ3v) is 2.57. The molecule has 0 aliphatic heterocycles. The van der Waals surface area contributed by atoms with E-state index in [0.717, 1.165) is 0 Å². The maximum absolute atomic E-state index is 5.42. The minimum absolute atomic E-state index is 0.401. The summed E-state index contributed by atoms with van der Waals surface area (Å²) in [7, 11) is 1.81. The molecule has 1 aliphatic rings. The molecule has 0 aromatic carbocycles. The van der Waals surface area contributed by atoms with Gasteiger partial charge in [-0.3, -0.25) is 0 Å². The average Bonchev–Trinajstić information content (AvgIpc) is 1.59. The van der Waals surface area contributed by atoms with E-state index in [2.05, 4.69) is 27.7 Å². The topological polar surface area (TPSA) is 9.23 Å². The normalized spacial score (nSPS) is 29.7. The van der Waals surface area contributed by atoms with Crippen molar-refractivity contribution in [3.05, 3.63) is 0 Å². The van der Waals surface area contributed by atoms with Crippen molar-refractivity contribution in [3.63, 3.8) is 0 Å². The van der Waals surface area contributed by atoms with Crippen molar-refractivity contribution in [2.75, 3.05) is 7.11 Å². The van der Waals surface area contributed by atoms with E-state index < -0.39 is 0 Å². The van der Waals surface area contributed by atoms with Crippen LogP contribution in [0, 0.1) is 10.8 Å². The summed E-state index contributed by atoms with van der Waals surface area (Å²) in [5.41, 5.74) is 0.802. The molecule has 1 saturated carbocycles. The van der Waals surface area contributed by atoms with E-state index in [0.29, 0.717) is 16.9 Å². The van der Waals surface area contributed by atoms with Crippen LogP contribution >= 0.6 is 0 Å². The predicted octanol–water partition coefficient (Wildman–Crippen LogP) is 2.46. The number of rotatable bonds is 1. The van der Waals surface area contributed by atoms with E-state index in [-0.39, 0.29) is 0 Å². The lowest BCUT2D eigenvalue weighted by Crippen LogP contribution is -2.55. The van der Waals surface area contributed by atoms with Gasteiger partial charge in [0, 0.05) is 7.11 Å². The average molecular weight is 142 g/mol. The van der Waals surface area contributed by atoms with Crippen LogP contribution in [0.2, 0.25) is 0 Å². The van der Waals surface area contributed by atoms with E-state index in [4.69, 9.17) is 4.74 Å². The smallest absolute Gasteiger partial charge is 0.0673 e. The second kappa shape index (κ2) is 1.97. The fourth-order valence-electron chi connectivity index (χ4n) is 2.92. The molecule has 0 heterocycles. The minimum atomic E-state index is 0.401. The van der Waals surface area contributed by atoms with Crippen molar-refractivity contribution in [1.82, 2.24) is 0 Å². The summed E-state index contributed by atoms with van der Waals surface area (Å²) in [6, 6.07) is 0. The zero-order chi connectivity index (χ0) is 7.99. The summed E-state index contributed by atoms with van der Waals surface area (Å²) >= 11 is 0. The van der Waals surface area contributed by atoms with Crippen molar-refractivity contribution in [1.29, 1.82) is 0 Å². The lowest BCUT2D eigenvalue weighted by molar-refractivity contribution is -0.169.